The van der Waals surface area contributed by atoms with Crippen molar-refractivity contribution in [3.63, 3.8) is 0 Å². The molecule has 0 aromatic heterocycles. The fourth-order valence-corrected chi connectivity index (χ4v) is 2.93. The first kappa shape index (κ1) is 11.9. The minimum absolute atomic E-state index is 0.187. The fraction of sp³-hybridized carbons (Fsp3) is 0. The molecule has 0 heterocycles. The molecule has 0 fully saturated rings. The second-order valence-electron chi connectivity index (χ2n) is 4.20. The van der Waals surface area contributed by atoms with Gasteiger partial charge in [0.1, 0.15) is 11.5 Å². The number of hydrogen-bond acceptors (Lipinski definition) is 3. The maximum absolute atomic E-state index is 10.3. The van der Waals surface area contributed by atoms with Gasteiger partial charge in [0, 0.05) is 15.7 Å². The summed E-state index contributed by atoms with van der Waals surface area (Å²) in [6.07, 6.45) is 0. The molecule has 3 aromatic rings. The molecule has 3 rings (SSSR count). The van der Waals surface area contributed by atoms with E-state index in [1.54, 1.807) is 18.2 Å². The van der Waals surface area contributed by atoms with Gasteiger partial charge in [-0.05, 0) is 18.2 Å². The number of fused-ring (bicyclic) bond motifs is 1. The van der Waals surface area contributed by atoms with Gasteiger partial charge in [-0.1, -0.05) is 54.2 Å². The number of rotatable bonds is 2. The van der Waals surface area contributed by atoms with Gasteiger partial charge in [0.05, 0.1) is 4.90 Å². The number of phenols is 2. The van der Waals surface area contributed by atoms with E-state index in [-0.39, 0.29) is 11.5 Å². The fourth-order valence-electron chi connectivity index (χ4n) is 2.01. The highest BCUT2D eigenvalue weighted by atomic mass is 32.2. The Labute approximate surface area is 115 Å². The highest BCUT2D eigenvalue weighted by molar-refractivity contribution is 7.99. The summed E-state index contributed by atoms with van der Waals surface area (Å²) in [5.74, 6) is 0.397. The zero-order valence-electron chi connectivity index (χ0n) is 10.1. The van der Waals surface area contributed by atoms with Crippen LogP contribution in [0.3, 0.4) is 0 Å². The third-order valence-electron chi connectivity index (χ3n) is 2.93. The molecule has 3 heteroatoms. The van der Waals surface area contributed by atoms with Crippen LogP contribution in [-0.4, -0.2) is 10.2 Å². The zero-order valence-corrected chi connectivity index (χ0v) is 10.9. The Kier molecular flexibility index (Phi) is 3.05. The SMILES string of the molecule is Oc1cc(Sc2ccccc2)c(O)c2ccccc12. The predicted octanol–water partition coefficient (Wildman–Crippen LogP) is 4.40. The van der Waals surface area contributed by atoms with Crippen molar-refractivity contribution in [1.82, 2.24) is 0 Å². The van der Waals surface area contributed by atoms with Gasteiger partial charge in [-0.3, -0.25) is 0 Å². The summed E-state index contributed by atoms with van der Waals surface area (Å²) in [5.41, 5.74) is 0. The van der Waals surface area contributed by atoms with Crippen molar-refractivity contribution in [2.24, 2.45) is 0 Å². The molecule has 0 spiro atoms. The van der Waals surface area contributed by atoms with Crippen LogP contribution < -0.4 is 0 Å². The third kappa shape index (κ3) is 2.25. The van der Waals surface area contributed by atoms with Gasteiger partial charge in [-0.2, -0.15) is 0 Å². The van der Waals surface area contributed by atoms with Crippen molar-refractivity contribution in [2.45, 2.75) is 9.79 Å². The summed E-state index contributed by atoms with van der Waals surface area (Å²) >= 11 is 1.43. The quantitative estimate of drug-likeness (QED) is 0.677. The number of phenolic OH excluding ortho intramolecular Hbond substituents is 2. The van der Waals surface area contributed by atoms with E-state index in [0.29, 0.717) is 15.7 Å². The molecule has 0 unspecified atom stereocenters. The van der Waals surface area contributed by atoms with Crippen LogP contribution in [0.25, 0.3) is 10.8 Å². The highest BCUT2D eigenvalue weighted by Crippen LogP contribution is 2.42. The lowest BCUT2D eigenvalue weighted by Crippen LogP contribution is -1.80. The Morgan fingerprint density at radius 3 is 2.11 bits per heavy atom. The second-order valence-corrected chi connectivity index (χ2v) is 5.32. The Morgan fingerprint density at radius 2 is 1.37 bits per heavy atom. The van der Waals surface area contributed by atoms with E-state index in [0.717, 1.165) is 4.90 Å². The maximum atomic E-state index is 10.3. The van der Waals surface area contributed by atoms with Crippen LogP contribution >= 0.6 is 11.8 Å². The Bertz CT molecular complexity index is 723. The van der Waals surface area contributed by atoms with Crippen LogP contribution in [0, 0.1) is 0 Å². The van der Waals surface area contributed by atoms with Crippen molar-refractivity contribution in [1.29, 1.82) is 0 Å². The summed E-state index contributed by atoms with van der Waals surface area (Å²) < 4.78 is 0. The first-order chi connectivity index (χ1) is 9.25. The second kappa shape index (κ2) is 4.86. The van der Waals surface area contributed by atoms with Gasteiger partial charge in [0.15, 0.2) is 0 Å². The highest BCUT2D eigenvalue weighted by Gasteiger charge is 2.11. The summed E-state index contributed by atoms with van der Waals surface area (Å²) in [7, 11) is 0. The molecule has 0 atom stereocenters. The van der Waals surface area contributed by atoms with E-state index in [2.05, 4.69) is 0 Å². The van der Waals surface area contributed by atoms with Gasteiger partial charge >= 0.3 is 0 Å². The minimum atomic E-state index is 0.187. The summed E-state index contributed by atoms with van der Waals surface area (Å²) in [6.45, 7) is 0. The molecule has 0 radical (unpaired) electrons. The Morgan fingerprint density at radius 1 is 0.737 bits per heavy atom. The van der Waals surface area contributed by atoms with Gasteiger partial charge < -0.3 is 10.2 Å². The number of aromatic hydroxyl groups is 2. The molecule has 0 aliphatic carbocycles. The van der Waals surface area contributed by atoms with Crippen LogP contribution in [0.2, 0.25) is 0 Å². The third-order valence-corrected chi connectivity index (χ3v) is 3.97. The molecule has 0 amide bonds. The van der Waals surface area contributed by atoms with Crippen molar-refractivity contribution in [2.75, 3.05) is 0 Å². The first-order valence-corrected chi connectivity index (χ1v) is 6.74. The zero-order chi connectivity index (χ0) is 13.2. The summed E-state index contributed by atoms with van der Waals surface area (Å²) in [4.78, 5) is 1.68. The van der Waals surface area contributed by atoms with Crippen molar-refractivity contribution in [3.05, 3.63) is 60.7 Å². The van der Waals surface area contributed by atoms with Gasteiger partial charge in [0.2, 0.25) is 0 Å². The Hall–Kier alpha value is -2.13. The van der Waals surface area contributed by atoms with E-state index in [4.69, 9.17) is 0 Å². The summed E-state index contributed by atoms with van der Waals surface area (Å²) in [5, 5.41) is 21.7. The number of hydrogen-bond donors (Lipinski definition) is 2. The molecule has 2 nitrogen and oxygen atoms in total. The molecule has 0 aliphatic rings. The molecule has 0 saturated heterocycles. The molecular weight excluding hydrogens is 256 g/mol. The lowest BCUT2D eigenvalue weighted by Gasteiger charge is -2.09. The molecule has 2 N–H and O–H groups in total. The van der Waals surface area contributed by atoms with Crippen LogP contribution in [0.1, 0.15) is 0 Å². The smallest absolute Gasteiger partial charge is 0.137 e. The van der Waals surface area contributed by atoms with Crippen molar-refractivity contribution < 1.29 is 10.2 Å². The normalized spacial score (nSPS) is 10.7. The summed E-state index contributed by atoms with van der Waals surface area (Å²) in [6, 6.07) is 18.7. The van der Waals surface area contributed by atoms with E-state index < -0.39 is 0 Å². The van der Waals surface area contributed by atoms with Gasteiger partial charge in [-0.15, -0.1) is 0 Å². The van der Waals surface area contributed by atoms with Crippen LogP contribution in [0.15, 0.2) is 70.5 Å². The van der Waals surface area contributed by atoms with Crippen molar-refractivity contribution in [3.8, 4) is 11.5 Å². The molecule has 19 heavy (non-hydrogen) atoms. The molecule has 3 aromatic carbocycles. The molecule has 0 aliphatic heterocycles. The monoisotopic (exact) mass is 268 g/mol. The number of benzene rings is 3. The maximum Gasteiger partial charge on any atom is 0.137 e. The van der Waals surface area contributed by atoms with Crippen LogP contribution in [0.5, 0.6) is 11.5 Å². The van der Waals surface area contributed by atoms with Crippen LogP contribution in [0.4, 0.5) is 0 Å². The standard InChI is InChI=1S/C16H12O2S/c17-14-10-15(19-11-6-2-1-3-7-11)16(18)13-9-5-4-8-12(13)14/h1-10,17-18H. The largest absolute Gasteiger partial charge is 0.507 e. The van der Waals surface area contributed by atoms with E-state index in [1.807, 2.05) is 42.5 Å². The van der Waals surface area contributed by atoms with Gasteiger partial charge in [-0.25, -0.2) is 0 Å². The average Bonchev–Trinajstić information content (AvgIpc) is 2.46. The lowest BCUT2D eigenvalue weighted by atomic mass is 10.1. The topological polar surface area (TPSA) is 40.5 Å². The minimum Gasteiger partial charge on any atom is -0.507 e. The molecule has 94 valence electrons. The van der Waals surface area contributed by atoms with Crippen molar-refractivity contribution >= 4 is 22.5 Å². The molecular formula is C16H12O2S. The van der Waals surface area contributed by atoms with Crippen LogP contribution in [-0.2, 0) is 0 Å². The van der Waals surface area contributed by atoms with E-state index >= 15 is 0 Å². The van der Waals surface area contributed by atoms with Gasteiger partial charge in [0.25, 0.3) is 0 Å². The van der Waals surface area contributed by atoms with E-state index in [9.17, 15) is 10.2 Å². The predicted molar refractivity (Wildman–Crippen MR) is 77.8 cm³/mol. The molecule has 0 bridgehead atoms. The van der Waals surface area contributed by atoms with E-state index in [1.165, 1.54) is 11.8 Å². The average molecular weight is 268 g/mol. The molecule has 0 saturated carbocycles. The first-order valence-electron chi connectivity index (χ1n) is 5.92. The Balaban J connectivity index is 2.12. The lowest BCUT2D eigenvalue weighted by molar-refractivity contribution is 0.458.